The molecular weight excluding hydrogens is 815 g/mol. The number of anilines is 2. The van der Waals surface area contributed by atoms with Gasteiger partial charge in [-0.2, -0.15) is 0 Å². The summed E-state index contributed by atoms with van der Waals surface area (Å²) in [7, 11) is 0. The minimum atomic E-state index is -1.75. The maximum Gasteiger partial charge on any atom is 2.00 e. The minimum absolute atomic E-state index is 0. The van der Waals surface area contributed by atoms with Gasteiger partial charge in [-0.15, -0.1) is 0 Å². The second-order valence-corrected chi connectivity index (χ2v) is 12.8. The molecule has 0 amide bonds. The van der Waals surface area contributed by atoms with Gasteiger partial charge in [-0.3, -0.25) is 0 Å². The van der Waals surface area contributed by atoms with Crippen molar-refractivity contribution >= 4 is 11.6 Å². The van der Waals surface area contributed by atoms with E-state index in [0.717, 1.165) is 11.6 Å². The van der Waals surface area contributed by atoms with Gasteiger partial charge in [0, 0.05) is 12.4 Å². The van der Waals surface area contributed by atoms with Crippen LogP contribution in [0, 0.1) is 30.6 Å². The fraction of sp³-hybridized carbons (Fsp3) is 0.0417. The zero-order chi connectivity index (χ0) is 42.5. The van der Waals surface area contributed by atoms with Crippen LogP contribution >= 0.6 is 0 Å². The van der Waals surface area contributed by atoms with Gasteiger partial charge in [0.25, 0.3) is 0 Å². The van der Waals surface area contributed by atoms with Crippen molar-refractivity contribution in [2.45, 2.75) is 11.1 Å². The SMILES string of the molecule is O=[N+]([O-])[O-].O=[N+]([O-])[O-].[Ni+2].c1ccc(C(Nc2ccccn2)(c2ccccc2)c2ccccc2)cc1.c1ccc(C(Nc2ccccn2)(c2ccccc2)c2ccccc2)cc1. The Morgan fingerprint density at radius 2 is 0.508 bits per heavy atom. The fourth-order valence-corrected chi connectivity index (χ4v) is 6.82. The zero-order valence-corrected chi connectivity index (χ0v) is 33.5. The first-order chi connectivity index (χ1) is 29.3. The number of pyridine rings is 2. The molecule has 2 heterocycles. The molecule has 0 atom stereocenters. The number of nitrogens with zero attached hydrogens (tertiary/aromatic N) is 4. The fourth-order valence-electron chi connectivity index (χ4n) is 6.82. The first-order valence-corrected chi connectivity index (χ1v) is 18.6. The summed E-state index contributed by atoms with van der Waals surface area (Å²) >= 11 is 0. The Bertz CT molecular complexity index is 2070. The molecule has 61 heavy (non-hydrogen) atoms. The Kier molecular flexibility index (Phi) is 17.6. The summed E-state index contributed by atoms with van der Waals surface area (Å²) in [4.78, 5) is 25.6. The Balaban J connectivity index is 0.000000226. The van der Waals surface area contributed by atoms with E-state index in [9.17, 15) is 0 Å². The molecular formula is C48H40N6NiO6. The molecule has 8 aromatic rings. The molecule has 0 saturated carbocycles. The molecule has 0 aliphatic carbocycles. The molecule has 6 aromatic carbocycles. The van der Waals surface area contributed by atoms with E-state index in [4.69, 9.17) is 30.6 Å². The van der Waals surface area contributed by atoms with Crippen LogP contribution in [0.4, 0.5) is 11.6 Å². The van der Waals surface area contributed by atoms with Crippen LogP contribution in [0.3, 0.4) is 0 Å². The molecule has 0 spiro atoms. The predicted octanol–water partition coefficient (Wildman–Crippen LogP) is 10.5. The quantitative estimate of drug-likeness (QED) is 0.0581. The van der Waals surface area contributed by atoms with E-state index >= 15 is 0 Å². The van der Waals surface area contributed by atoms with Gasteiger partial charge in [0.05, 0.1) is 10.2 Å². The van der Waals surface area contributed by atoms with E-state index in [2.05, 4.69) is 166 Å². The van der Waals surface area contributed by atoms with Crippen molar-refractivity contribution in [3.8, 4) is 0 Å². The number of hydrogen-bond donors (Lipinski definition) is 2. The first kappa shape index (κ1) is 45.8. The maximum absolute atomic E-state index is 8.25. The van der Waals surface area contributed by atoms with E-state index in [-0.39, 0.29) is 16.5 Å². The van der Waals surface area contributed by atoms with Crippen LogP contribution in [-0.2, 0) is 27.6 Å². The second-order valence-electron chi connectivity index (χ2n) is 12.8. The van der Waals surface area contributed by atoms with Gasteiger partial charge in [0.2, 0.25) is 0 Å². The van der Waals surface area contributed by atoms with Gasteiger partial charge >= 0.3 is 16.5 Å². The van der Waals surface area contributed by atoms with Crippen molar-refractivity contribution in [3.63, 3.8) is 0 Å². The number of benzene rings is 6. The molecule has 13 heteroatoms. The van der Waals surface area contributed by atoms with Crippen LogP contribution in [0.15, 0.2) is 231 Å². The van der Waals surface area contributed by atoms with E-state index in [1.807, 2.05) is 85.2 Å². The summed E-state index contributed by atoms with van der Waals surface area (Å²) < 4.78 is 0. The van der Waals surface area contributed by atoms with Gasteiger partial charge in [-0.05, 0) is 57.6 Å². The van der Waals surface area contributed by atoms with Crippen LogP contribution < -0.4 is 10.6 Å². The van der Waals surface area contributed by atoms with Gasteiger partial charge in [-0.1, -0.05) is 194 Å². The van der Waals surface area contributed by atoms with Crippen molar-refractivity contribution in [2.75, 3.05) is 10.6 Å². The second kappa shape index (κ2) is 23.5. The molecule has 308 valence electrons. The molecule has 0 saturated heterocycles. The molecule has 0 fully saturated rings. The number of rotatable bonds is 10. The summed E-state index contributed by atoms with van der Waals surface area (Å²) in [5.41, 5.74) is 5.96. The third-order valence-electron chi connectivity index (χ3n) is 9.20. The molecule has 8 rings (SSSR count). The third-order valence-corrected chi connectivity index (χ3v) is 9.20. The third kappa shape index (κ3) is 12.6. The van der Waals surface area contributed by atoms with E-state index < -0.39 is 21.3 Å². The summed E-state index contributed by atoms with van der Waals surface area (Å²) in [6, 6.07) is 75.1. The van der Waals surface area contributed by atoms with Crippen molar-refractivity contribution in [2.24, 2.45) is 0 Å². The number of nitrogens with one attached hydrogen (secondary N) is 2. The van der Waals surface area contributed by atoms with E-state index in [1.165, 1.54) is 33.4 Å². The van der Waals surface area contributed by atoms with Gasteiger partial charge in [0.15, 0.2) is 0 Å². The maximum atomic E-state index is 8.25. The molecule has 12 nitrogen and oxygen atoms in total. The molecule has 0 unspecified atom stereocenters. The minimum Gasteiger partial charge on any atom is -0.356 e. The Labute approximate surface area is 363 Å². The van der Waals surface area contributed by atoms with Crippen molar-refractivity contribution in [3.05, 3.63) is 295 Å². The standard InChI is InChI=1S/2C24H20N2.2NO3.Ni/c2*1-4-12-20(13-5-1)24(21-14-6-2-7-15-21,22-16-8-3-9-17-22)26-23-18-10-11-19-25-23;2*2-1(3)4;/h2*1-19H,(H,25,26);;;/q;;2*-1;+2. The summed E-state index contributed by atoms with van der Waals surface area (Å²) in [6.45, 7) is 0. The zero-order valence-electron chi connectivity index (χ0n) is 32.5. The van der Waals surface area contributed by atoms with Gasteiger partial charge in [-0.25, -0.2) is 9.97 Å². The molecule has 0 radical (unpaired) electrons. The summed E-state index contributed by atoms with van der Waals surface area (Å²) in [6.07, 6.45) is 3.63. The Morgan fingerprint density at radius 3 is 0.672 bits per heavy atom. The Hall–Kier alpha value is -7.89. The molecule has 0 aliphatic heterocycles. The van der Waals surface area contributed by atoms with Crippen LogP contribution in [-0.4, -0.2) is 20.1 Å². The smallest absolute Gasteiger partial charge is 0.356 e. The van der Waals surface area contributed by atoms with Crippen LogP contribution in [0.2, 0.25) is 0 Å². The van der Waals surface area contributed by atoms with Crippen molar-refractivity contribution in [1.82, 2.24) is 9.97 Å². The first-order valence-electron chi connectivity index (χ1n) is 18.6. The van der Waals surface area contributed by atoms with Crippen LogP contribution in [0.1, 0.15) is 33.4 Å². The average molecular weight is 856 g/mol. The van der Waals surface area contributed by atoms with Crippen molar-refractivity contribution in [1.29, 1.82) is 0 Å². The number of aromatic nitrogens is 2. The van der Waals surface area contributed by atoms with E-state index in [1.54, 1.807) is 0 Å². The van der Waals surface area contributed by atoms with Crippen LogP contribution in [0.5, 0.6) is 0 Å². The summed E-state index contributed by atoms with van der Waals surface area (Å²) in [5, 5.41) is 37.0. The predicted molar refractivity (Wildman–Crippen MR) is 235 cm³/mol. The van der Waals surface area contributed by atoms with E-state index in [0.29, 0.717) is 0 Å². The average Bonchev–Trinajstić information content (AvgIpc) is 3.30. The molecule has 2 aromatic heterocycles. The molecule has 0 bridgehead atoms. The largest absolute Gasteiger partial charge is 2.00 e. The monoisotopic (exact) mass is 854 g/mol. The Morgan fingerprint density at radius 1 is 0.328 bits per heavy atom. The topological polar surface area (TPSA) is 182 Å². The summed E-state index contributed by atoms with van der Waals surface area (Å²) in [5.74, 6) is 1.67. The molecule has 2 N–H and O–H groups in total. The molecule has 0 aliphatic rings. The van der Waals surface area contributed by atoms with Crippen LogP contribution in [0.25, 0.3) is 0 Å². The number of hydrogen-bond acceptors (Lipinski definition) is 10. The van der Waals surface area contributed by atoms with Gasteiger partial charge in [0.1, 0.15) is 22.7 Å². The van der Waals surface area contributed by atoms with Gasteiger partial charge < -0.3 is 41.3 Å². The van der Waals surface area contributed by atoms with Crippen molar-refractivity contribution < 1.29 is 26.7 Å². The normalized spacial score (nSPS) is 10.2.